The standard InChI is InChI=1S/C19H25N3O/c1-21-11-10-20-18(21)13-22(17-7-8-17)14-19(9-12-23-15-19)16-5-3-2-4-6-16/h2-6,10-11,17H,7-9,12-15H2,1H3/t19-/m1/s1. The number of ether oxygens (including phenoxy) is 1. The highest BCUT2D eigenvalue weighted by molar-refractivity contribution is 5.27. The molecule has 0 radical (unpaired) electrons. The van der Waals surface area contributed by atoms with E-state index in [1.165, 1.54) is 18.4 Å². The average Bonchev–Trinajstić information content (AvgIpc) is 3.20. The molecular weight excluding hydrogens is 286 g/mol. The zero-order chi connectivity index (χ0) is 15.7. The molecule has 2 aliphatic rings. The van der Waals surface area contributed by atoms with Gasteiger partial charge in [-0.05, 0) is 24.8 Å². The summed E-state index contributed by atoms with van der Waals surface area (Å²) in [5.41, 5.74) is 1.55. The van der Waals surface area contributed by atoms with E-state index in [4.69, 9.17) is 4.74 Å². The van der Waals surface area contributed by atoms with Crippen LogP contribution in [-0.2, 0) is 23.7 Å². The molecule has 4 heteroatoms. The molecule has 0 bridgehead atoms. The van der Waals surface area contributed by atoms with Crippen molar-refractivity contribution in [3.05, 3.63) is 54.1 Å². The summed E-state index contributed by atoms with van der Waals surface area (Å²) in [6.45, 7) is 3.70. The van der Waals surface area contributed by atoms with Crippen LogP contribution in [0, 0.1) is 0 Å². The third-order valence-electron chi connectivity index (χ3n) is 5.32. The molecule has 1 atom stereocenters. The molecule has 4 rings (SSSR count). The van der Waals surface area contributed by atoms with Gasteiger partial charge >= 0.3 is 0 Å². The van der Waals surface area contributed by atoms with Gasteiger partial charge in [-0.15, -0.1) is 0 Å². The molecule has 122 valence electrons. The lowest BCUT2D eigenvalue weighted by atomic mass is 9.79. The van der Waals surface area contributed by atoms with E-state index >= 15 is 0 Å². The topological polar surface area (TPSA) is 30.3 Å². The number of nitrogens with zero attached hydrogens (tertiary/aromatic N) is 3. The molecule has 1 aromatic carbocycles. The SMILES string of the molecule is Cn1ccnc1CN(C[C@]1(c2ccccc2)CCOC1)C1CC1. The Hall–Kier alpha value is -1.65. The van der Waals surface area contributed by atoms with Gasteiger partial charge in [0.15, 0.2) is 0 Å². The van der Waals surface area contributed by atoms with Crippen molar-refractivity contribution in [3.8, 4) is 0 Å². The van der Waals surface area contributed by atoms with Gasteiger partial charge in [-0.25, -0.2) is 4.98 Å². The fourth-order valence-electron chi connectivity index (χ4n) is 3.72. The number of hydrogen-bond acceptors (Lipinski definition) is 3. The summed E-state index contributed by atoms with van der Waals surface area (Å²) >= 11 is 0. The van der Waals surface area contributed by atoms with Crippen molar-refractivity contribution in [1.29, 1.82) is 0 Å². The molecule has 0 spiro atoms. The molecule has 0 amide bonds. The Kier molecular flexibility index (Phi) is 3.95. The van der Waals surface area contributed by atoms with Crippen LogP contribution in [0.25, 0.3) is 0 Å². The lowest BCUT2D eigenvalue weighted by molar-refractivity contribution is 0.141. The minimum atomic E-state index is 0.134. The second-order valence-corrected chi connectivity index (χ2v) is 7.04. The first-order valence-corrected chi connectivity index (χ1v) is 8.60. The van der Waals surface area contributed by atoms with Crippen LogP contribution in [0.3, 0.4) is 0 Å². The zero-order valence-electron chi connectivity index (χ0n) is 13.8. The predicted molar refractivity (Wildman–Crippen MR) is 90.2 cm³/mol. The summed E-state index contributed by atoms with van der Waals surface area (Å²) in [5, 5.41) is 0. The number of aromatic nitrogens is 2. The van der Waals surface area contributed by atoms with Gasteiger partial charge in [0.05, 0.1) is 13.2 Å². The quantitative estimate of drug-likeness (QED) is 0.822. The van der Waals surface area contributed by atoms with E-state index in [1.807, 2.05) is 12.4 Å². The summed E-state index contributed by atoms with van der Waals surface area (Å²) in [5.74, 6) is 1.15. The largest absolute Gasteiger partial charge is 0.380 e. The van der Waals surface area contributed by atoms with Gasteiger partial charge < -0.3 is 9.30 Å². The molecule has 1 saturated carbocycles. The molecule has 0 N–H and O–H groups in total. The van der Waals surface area contributed by atoms with Gasteiger partial charge in [0.2, 0.25) is 0 Å². The molecule has 4 nitrogen and oxygen atoms in total. The van der Waals surface area contributed by atoms with Gasteiger partial charge in [0.1, 0.15) is 5.82 Å². The van der Waals surface area contributed by atoms with Gasteiger partial charge in [-0.3, -0.25) is 4.90 Å². The van der Waals surface area contributed by atoms with Gasteiger partial charge in [0, 0.05) is 44.0 Å². The Morgan fingerprint density at radius 2 is 2.13 bits per heavy atom. The fraction of sp³-hybridized carbons (Fsp3) is 0.526. The van der Waals surface area contributed by atoms with Crippen molar-refractivity contribution in [2.45, 2.75) is 37.3 Å². The highest BCUT2D eigenvalue weighted by Gasteiger charge is 2.41. The maximum atomic E-state index is 5.83. The first-order chi connectivity index (χ1) is 11.3. The third kappa shape index (κ3) is 3.06. The van der Waals surface area contributed by atoms with Crippen LogP contribution < -0.4 is 0 Å². The van der Waals surface area contributed by atoms with E-state index in [2.05, 4.69) is 51.8 Å². The fourth-order valence-corrected chi connectivity index (χ4v) is 3.72. The van der Waals surface area contributed by atoms with E-state index in [0.29, 0.717) is 6.04 Å². The number of aryl methyl sites for hydroxylation is 1. The number of benzene rings is 1. The Labute approximate surface area is 138 Å². The van der Waals surface area contributed by atoms with Crippen LogP contribution in [0.4, 0.5) is 0 Å². The van der Waals surface area contributed by atoms with E-state index in [1.54, 1.807) is 0 Å². The molecule has 1 saturated heterocycles. The second kappa shape index (κ2) is 6.10. The number of hydrogen-bond donors (Lipinski definition) is 0. The smallest absolute Gasteiger partial charge is 0.122 e. The first kappa shape index (κ1) is 14.9. The lowest BCUT2D eigenvalue weighted by Crippen LogP contribution is -2.42. The molecule has 2 heterocycles. The van der Waals surface area contributed by atoms with E-state index in [-0.39, 0.29) is 5.41 Å². The lowest BCUT2D eigenvalue weighted by Gasteiger charge is -2.35. The van der Waals surface area contributed by atoms with Crippen molar-refractivity contribution in [2.75, 3.05) is 19.8 Å². The Morgan fingerprint density at radius 3 is 2.74 bits per heavy atom. The molecule has 2 fully saturated rings. The average molecular weight is 311 g/mol. The Morgan fingerprint density at radius 1 is 1.30 bits per heavy atom. The van der Waals surface area contributed by atoms with Crippen molar-refractivity contribution in [1.82, 2.24) is 14.5 Å². The van der Waals surface area contributed by atoms with Crippen LogP contribution in [0.15, 0.2) is 42.7 Å². The van der Waals surface area contributed by atoms with Crippen LogP contribution in [0.5, 0.6) is 0 Å². The first-order valence-electron chi connectivity index (χ1n) is 8.60. The Bertz CT molecular complexity index is 642. The van der Waals surface area contributed by atoms with E-state index in [0.717, 1.165) is 38.5 Å². The summed E-state index contributed by atoms with van der Waals surface area (Å²) in [4.78, 5) is 7.15. The summed E-state index contributed by atoms with van der Waals surface area (Å²) in [6.07, 6.45) is 7.67. The van der Waals surface area contributed by atoms with Gasteiger partial charge in [0.25, 0.3) is 0 Å². The third-order valence-corrected chi connectivity index (χ3v) is 5.32. The Balaban J connectivity index is 1.58. The predicted octanol–water partition coefficient (Wildman–Crippen LogP) is 2.74. The molecular formula is C19H25N3O. The van der Waals surface area contributed by atoms with Gasteiger partial charge in [-0.1, -0.05) is 30.3 Å². The van der Waals surface area contributed by atoms with Crippen molar-refractivity contribution in [2.24, 2.45) is 7.05 Å². The maximum Gasteiger partial charge on any atom is 0.122 e. The van der Waals surface area contributed by atoms with E-state index < -0.39 is 0 Å². The summed E-state index contributed by atoms with van der Waals surface area (Å²) in [6, 6.07) is 11.6. The molecule has 1 aromatic heterocycles. The van der Waals surface area contributed by atoms with E-state index in [9.17, 15) is 0 Å². The normalized spacial score (nSPS) is 24.4. The van der Waals surface area contributed by atoms with Crippen LogP contribution in [0.2, 0.25) is 0 Å². The highest BCUT2D eigenvalue weighted by Crippen LogP contribution is 2.38. The number of rotatable bonds is 6. The van der Waals surface area contributed by atoms with Crippen LogP contribution in [-0.4, -0.2) is 40.3 Å². The second-order valence-electron chi connectivity index (χ2n) is 7.04. The maximum absolute atomic E-state index is 5.83. The summed E-state index contributed by atoms with van der Waals surface area (Å²) < 4.78 is 7.96. The van der Waals surface area contributed by atoms with Crippen molar-refractivity contribution < 1.29 is 4.74 Å². The van der Waals surface area contributed by atoms with Crippen LogP contribution >= 0.6 is 0 Å². The molecule has 0 unspecified atom stereocenters. The van der Waals surface area contributed by atoms with Crippen molar-refractivity contribution in [3.63, 3.8) is 0 Å². The minimum absolute atomic E-state index is 0.134. The van der Waals surface area contributed by atoms with Crippen LogP contribution in [0.1, 0.15) is 30.7 Å². The summed E-state index contributed by atoms with van der Waals surface area (Å²) in [7, 11) is 2.08. The van der Waals surface area contributed by atoms with Crippen molar-refractivity contribution >= 4 is 0 Å². The zero-order valence-corrected chi connectivity index (χ0v) is 13.8. The van der Waals surface area contributed by atoms with Gasteiger partial charge in [-0.2, -0.15) is 0 Å². The molecule has 1 aliphatic carbocycles. The molecule has 1 aliphatic heterocycles. The monoisotopic (exact) mass is 311 g/mol. The molecule has 23 heavy (non-hydrogen) atoms. The minimum Gasteiger partial charge on any atom is -0.380 e. The number of imidazole rings is 1. The highest BCUT2D eigenvalue weighted by atomic mass is 16.5. The molecule has 2 aromatic rings.